The van der Waals surface area contributed by atoms with Crippen LogP contribution in [0.5, 0.6) is 11.5 Å². The Balaban J connectivity index is 2.80. The highest BCUT2D eigenvalue weighted by Gasteiger charge is 2.11. The van der Waals surface area contributed by atoms with Gasteiger partial charge in [-0.25, -0.2) is 0 Å². The zero-order valence-corrected chi connectivity index (χ0v) is 10.2. The largest absolute Gasteiger partial charge is 0.493 e. The molecule has 0 aliphatic carbocycles. The van der Waals surface area contributed by atoms with E-state index in [2.05, 4.69) is 10.1 Å². The minimum absolute atomic E-state index is 0.0607. The molecule has 0 aromatic heterocycles. The number of nitrogens with one attached hydrogen (secondary N) is 1. The summed E-state index contributed by atoms with van der Waals surface area (Å²) in [5, 5.41) is 3.20. The Hall–Kier alpha value is -1.36. The third-order valence-electron chi connectivity index (χ3n) is 2.16. The average molecular weight is 245 g/mol. The smallest absolute Gasteiger partial charge is 0.387 e. The maximum absolute atomic E-state index is 12.2. The number of hydrogen-bond donors (Lipinski definition) is 1. The molecule has 0 saturated heterocycles. The van der Waals surface area contributed by atoms with E-state index in [1.54, 1.807) is 12.1 Å². The lowest BCUT2D eigenvalue weighted by atomic mass is 10.2. The third-order valence-corrected chi connectivity index (χ3v) is 2.16. The van der Waals surface area contributed by atoms with Crippen molar-refractivity contribution in [2.75, 3.05) is 7.11 Å². The lowest BCUT2D eigenvalue weighted by Gasteiger charge is -2.13. The molecule has 0 atom stereocenters. The van der Waals surface area contributed by atoms with Crippen molar-refractivity contribution in [3.8, 4) is 11.5 Å². The van der Waals surface area contributed by atoms with Gasteiger partial charge in [0.2, 0.25) is 0 Å². The second-order valence-electron chi connectivity index (χ2n) is 3.90. The van der Waals surface area contributed by atoms with Gasteiger partial charge in [0, 0.05) is 12.6 Å². The molecule has 3 nitrogen and oxygen atoms in total. The summed E-state index contributed by atoms with van der Waals surface area (Å²) >= 11 is 0. The van der Waals surface area contributed by atoms with Gasteiger partial charge in [-0.2, -0.15) is 8.78 Å². The maximum Gasteiger partial charge on any atom is 0.387 e. The minimum atomic E-state index is -2.85. The van der Waals surface area contributed by atoms with Crippen LogP contribution in [-0.2, 0) is 6.54 Å². The lowest BCUT2D eigenvalue weighted by Crippen LogP contribution is -2.21. The minimum Gasteiger partial charge on any atom is -0.493 e. The Morgan fingerprint density at radius 1 is 1.24 bits per heavy atom. The molecule has 0 bridgehead atoms. The number of hydrogen-bond acceptors (Lipinski definition) is 3. The van der Waals surface area contributed by atoms with Gasteiger partial charge in [-0.05, 0) is 17.7 Å². The molecule has 5 heteroatoms. The summed E-state index contributed by atoms with van der Waals surface area (Å²) in [6.07, 6.45) is 0. The molecule has 1 aromatic carbocycles. The van der Waals surface area contributed by atoms with Crippen molar-refractivity contribution in [3.05, 3.63) is 23.8 Å². The molecule has 0 heterocycles. The van der Waals surface area contributed by atoms with Crippen molar-refractivity contribution in [1.82, 2.24) is 5.32 Å². The van der Waals surface area contributed by atoms with Gasteiger partial charge >= 0.3 is 6.61 Å². The standard InChI is InChI=1S/C12H17F2NO2/c1-8(2)15-7-9-4-5-10(16-3)11(6-9)17-12(13)14/h4-6,8,12,15H,7H2,1-3H3. The monoisotopic (exact) mass is 245 g/mol. The van der Waals surface area contributed by atoms with Crippen molar-refractivity contribution in [1.29, 1.82) is 0 Å². The van der Waals surface area contributed by atoms with Crippen LogP contribution in [0.15, 0.2) is 18.2 Å². The van der Waals surface area contributed by atoms with E-state index in [0.717, 1.165) is 5.56 Å². The zero-order chi connectivity index (χ0) is 12.8. The maximum atomic E-state index is 12.2. The number of alkyl halides is 2. The van der Waals surface area contributed by atoms with E-state index in [9.17, 15) is 8.78 Å². The van der Waals surface area contributed by atoms with E-state index in [1.807, 2.05) is 19.9 Å². The molecule has 0 radical (unpaired) electrons. The number of benzene rings is 1. The van der Waals surface area contributed by atoms with Gasteiger partial charge < -0.3 is 14.8 Å². The second kappa shape index (κ2) is 6.39. The van der Waals surface area contributed by atoms with Crippen molar-refractivity contribution >= 4 is 0 Å². The molecule has 0 aliphatic heterocycles. The van der Waals surface area contributed by atoms with Gasteiger partial charge in [0.15, 0.2) is 11.5 Å². The van der Waals surface area contributed by atoms with E-state index >= 15 is 0 Å². The number of ether oxygens (including phenoxy) is 2. The molecule has 0 unspecified atom stereocenters. The van der Waals surface area contributed by atoms with Crippen LogP contribution in [0, 0.1) is 0 Å². The Morgan fingerprint density at radius 2 is 1.94 bits per heavy atom. The fraction of sp³-hybridized carbons (Fsp3) is 0.500. The zero-order valence-electron chi connectivity index (χ0n) is 10.2. The molecule has 0 aliphatic rings. The van der Waals surface area contributed by atoms with Gasteiger partial charge in [-0.15, -0.1) is 0 Å². The number of halogens is 2. The fourth-order valence-electron chi connectivity index (χ4n) is 1.34. The van der Waals surface area contributed by atoms with Crippen LogP contribution in [-0.4, -0.2) is 19.8 Å². The predicted molar refractivity (Wildman–Crippen MR) is 61.6 cm³/mol. The number of methoxy groups -OCH3 is 1. The summed E-state index contributed by atoms with van der Waals surface area (Å²) in [4.78, 5) is 0. The van der Waals surface area contributed by atoms with Gasteiger partial charge in [0.1, 0.15) is 0 Å². The van der Waals surface area contributed by atoms with Crippen molar-refractivity contribution in [3.63, 3.8) is 0 Å². The van der Waals surface area contributed by atoms with Crippen molar-refractivity contribution in [2.45, 2.75) is 33.0 Å². The summed E-state index contributed by atoms with van der Waals surface area (Å²) < 4.78 is 33.7. The van der Waals surface area contributed by atoms with Gasteiger partial charge in [0.05, 0.1) is 7.11 Å². The van der Waals surface area contributed by atoms with Crippen LogP contribution in [0.25, 0.3) is 0 Å². The normalized spacial score (nSPS) is 11.0. The van der Waals surface area contributed by atoms with Crippen LogP contribution in [0.2, 0.25) is 0 Å². The van der Waals surface area contributed by atoms with Gasteiger partial charge in [-0.1, -0.05) is 19.9 Å². The number of rotatable bonds is 6. The summed E-state index contributed by atoms with van der Waals surface area (Å²) in [7, 11) is 1.42. The SMILES string of the molecule is COc1ccc(CNC(C)C)cc1OC(F)F. The first kappa shape index (κ1) is 13.7. The molecular weight excluding hydrogens is 228 g/mol. The van der Waals surface area contributed by atoms with Crippen LogP contribution in [0.1, 0.15) is 19.4 Å². The summed E-state index contributed by atoms with van der Waals surface area (Å²) in [5.41, 5.74) is 0.871. The average Bonchev–Trinajstić information content (AvgIpc) is 2.25. The van der Waals surface area contributed by atoms with E-state index in [4.69, 9.17) is 4.74 Å². The highest BCUT2D eigenvalue weighted by atomic mass is 19.3. The molecule has 96 valence electrons. The van der Waals surface area contributed by atoms with Gasteiger partial charge in [0.25, 0.3) is 0 Å². The molecule has 0 saturated carbocycles. The molecule has 0 amide bonds. The molecule has 17 heavy (non-hydrogen) atoms. The van der Waals surface area contributed by atoms with Crippen molar-refractivity contribution in [2.24, 2.45) is 0 Å². The Bertz CT molecular complexity index is 356. The summed E-state index contributed by atoms with van der Waals surface area (Å²) in [6.45, 7) is 1.78. The fourth-order valence-corrected chi connectivity index (χ4v) is 1.34. The van der Waals surface area contributed by atoms with Crippen LogP contribution in [0.3, 0.4) is 0 Å². The molecular formula is C12H17F2NO2. The first-order valence-electron chi connectivity index (χ1n) is 5.38. The molecule has 1 N–H and O–H groups in total. The van der Waals surface area contributed by atoms with Crippen molar-refractivity contribution < 1.29 is 18.3 Å². The Kier molecular flexibility index (Phi) is 5.15. The predicted octanol–water partition coefficient (Wildman–Crippen LogP) is 2.79. The third kappa shape index (κ3) is 4.56. The first-order valence-corrected chi connectivity index (χ1v) is 5.38. The molecule has 0 spiro atoms. The second-order valence-corrected chi connectivity index (χ2v) is 3.90. The van der Waals surface area contributed by atoms with E-state index in [-0.39, 0.29) is 5.75 Å². The molecule has 1 aromatic rings. The van der Waals surface area contributed by atoms with E-state index < -0.39 is 6.61 Å². The summed E-state index contributed by atoms with van der Waals surface area (Å²) in [6, 6.07) is 5.32. The van der Waals surface area contributed by atoms with Crippen LogP contribution >= 0.6 is 0 Å². The quantitative estimate of drug-likeness (QED) is 0.836. The van der Waals surface area contributed by atoms with Crippen LogP contribution < -0.4 is 14.8 Å². The van der Waals surface area contributed by atoms with Gasteiger partial charge in [-0.3, -0.25) is 0 Å². The summed E-state index contributed by atoms with van der Waals surface area (Å²) in [5.74, 6) is 0.365. The topological polar surface area (TPSA) is 30.5 Å². The molecule has 0 fully saturated rings. The lowest BCUT2D eigenvalue weighted by molar-refractivity contribution is -0.0512. The van der Waals surface area contributed by atoms with E-state index in [0.29, 0.717) is 18.3 Å². The van der Waals surface area contributed by atoms with Crippen LogP contribution in [0.4, 0.5) is 8.78 Å². The van der Waals surface area contributed by atoms with E-state index in [1.165, 1.54) is 7.11 Å². The Labute approximate surface area is 99.7 Å². The first-order chi connectivity index (χ1) is 8.02. The highest BCUT2D eigenvalue weighted by molar-refractivity contribution is 5.42. The highest BCUT2D eigenvalue weighted by Crippen LogP contribution is 2.29. The Morgan fingerprint density at radius 3 is 2.47 bits per heavy atom. The molecule has 1 rings (SSSR count).